The van der Waals surface area contributed by atoms with Crippen LogP contribution in [-0.4, -0.2) is 16.9 Å². The van der Waals surface area contributed by atoms with Crippen LogP contribution in [0.15, 0.2) is 30.5 Å². The number of halogens is 1. The van der Waals surface area contributed by atoms with E-state index in [-0.39, 0.29) is 17.8 Å². The van der Waals surface area contributed by atoms with Gasteiger partial charge in [0, 0.05) is 11.6 Å². The van der Waals surface area contributed by atoms with E-state index in [4.69, 9.17) is 0 Å². The van der Waals surface area contributed by atoms with Gasteiger partial charge in [0.1, 0.15) is 15.7 Å². The summed E-state index contributed by atoms with van der Waals surface area (Å²) in [5.74, 6) is 0.122. The van der Waals surface area contributed by atoms with E-state index >= 15 is 0 Å². The van der Waals surface area contributed by atoms with Crippen LogP contribution in [0, 0.1) is 11.7 Å². The predicted molar refractivity (Wildman–Crippen MR) is 72.5 cm³/mol. The molecule has 1 amide bonds. The monoisotopic (exact) mass is 276 g/mol. The van der Waals surface area contributed by atoms with Crippen molar-refractivity contribution in [3.8, 4) is 10.6 Å². The molecule has 1 aliphatic carbocycles. The molecule has 0 radical (unpaired) electrons. The van der Waals surface area contributed by atoms with Crippen LogP contribution in [0.25, 0.3) is 10.6 Å². The molecular formula is C14H13FN2OS. The van der Waals surface area contributed by atoms with Gasteiger partial charge in [-0.1, -0.05) is 19.1 Å². The lowest BCUT2D eigenvalue weighted by Gasteiger charge is -2.00. The van der Waals surface area contributed by atoms with Gasteiger partial charge < -0.3 is 5.32 Å². The molecule has 0 unspecified atom stereocenters. The van der Waals surface area contributed by atoms with E-state index in [1.165, 1.54) is 23.6 Å². The van der Waals surface area contributed by atoms with Crippen molar-refractivity contribution in [3.05, 3.63) is 41.2 Å². The SMILES string of the molecule is C[C@@H]1C[C@H]1NC(=O)c1cnc(-c2ccccc2F)s1. The Hall–Kier alpha value is -1.75. The molecule has 1 heterocycles. The fourth-order valence-corrected chi connectivity index (χ4v) is 2.75. The van der Waals surface area contributed by atoms with Crippen LogP contribution in [0.3, 0.4) is 0 Å². The quantitative estimate of drug-likeness (QED) is 0.936. The first-order chi connectivity index (χ1) is 9.15. The van der Waals surface area contributed by atoms with Crippen LogP contribution in [-0.2, 0) is 0 Å². The number of rotatable bonds is 3. The van der Waals surface area contributed by atoms with Gasteiger partial charge in [0.15, 0.2) is 0 Å². The highest BCUT2D eigenvalue weighted by Crippen LogP contribution is 2.31. The van der Waals surface area contributed by atoms with Crippen molar-refractivity contribution in [2.75, 3.05) is 0 Å². The van der Waals surface area contributed by atoms with Crippen molar-refractivity contribution in [2.24, 2.45) is 5.92 Å². The maximum atomic E-state index is 13.6. The van der Waals surface area contributed by atoms with E-state index in [1.807, 2.05) is 0 Å². The van der Waals surface area contributed by atoms with Gasteiger partial charge in [0.05, 0.1) is 6.20 Å². The Morgan fingerprint density at radius 3 is 2.89 bits per heavy atom. The maximum absolute atomic E-state index is 13.6. The van der Waals surface area contributed by atoms with Gasteiger partial charge in [-0.05, 0) is 24.5 Å². The second-order valence-corrected chi connectivity index (χ2v) is 5.83. The van der Waals surface area contributed by atoms with E-state index < -0.39 is 0 Å². The molecule has 1 fully saturated rings. The van der Waals surface area contributed by atoms with E-state index in [9.17, 15) is 9.18 Å². The van der Waals surface area contributed by atoms with Crippen molar-refractivity contribution in [1.29, 1.82) is 0 Å². The van der Waals surface area contributed by atoms with Gasteiger partial charge >= 0.3 is 0 Å². The lowest BCUT2D eigenvalue weighted by molar-refractivity contribution is 0.0953. The second-order valence-electron chi connectivity index (χ2n) is 4.80. The smallest absolute Gasteiger partial charge is 0.263 e. The summed E-state index contributed by atoms with van der Waals surface area (Å²) < 4.78 is 13.6. The number of nitrogens with one attached hydrogen (secondary N) is 1. The van der Waals surface area contributed by atoms with Crippen LogP contribution < -0.4 is 5.32 Å². The Balaban J connectivity index is 1.79. The topological polar surface area (TPSA) is 42.0 Å². The summed E-state index contributed by atoms with van der Waals surface area (Å²) in [5.41, 5.74) is 0.436. The molecule has 0 aliphatic heterocycles. The van der Waals surface area contributed by atoms with Crippen LogP contribution in [0.2, 0.25) is 0 Å². The standard InChI is InChI=1S/C14H13FN2OS/c1-8-6-11(8)17-13(18)12-7-16-14(19-12)9-4-2-3-5-10(9)15/h2-5,7-8,11H,6H2,1H3,(H,17,18)/t8-,11-/m1/s1. The number of carbonyl (C=O) groups is 1. The summed E-state index contributed by atoms with van der Waals surface area (Å²) in [4.78, 5) is 16.6. The van der Waals surface area contributed by atoms with Crippen molar-refractivity contribution in [2.45, 2.75) is 19.4 Å². The Morgan fingerprint density at radius 2 is 2.21 bits per heavy atom. The van der Waals surface area contributed by atoms with Crippen LogP contribution in [0.5, 0.6) is 0 Å². The molecule has 1 aromatic carbocycles. The first kappa shape index (κ1) is 12.3. The highest BCUT2D eigenvalue weighted by atomic mass is 32.1. The number of nitrogens with zero attached hydrogens (tertiary/aromatic N) is 1. The summed E-state index contributed by atoms with van der Waals surface area (Å²) in [7, 11) is 0. The number of carbonyl (C=O) groups excluding carboxylic acids is 1. The van der Waals surface area contributed by atoms with E-state index in [1.54, 1.807) is 18.2 Å². The number of hydrogen-bond acceptors (Lipinski definition) is 3. The van der Waals surface area contributed by atoms with Crippen molar-refractivity contribution in [3.63, 3.8) is 0 Å². The Morgan fingerprint density at radius 1 is 1.47 bits per heavy atom. The minimum atomic E-state index is -0.320. The average Bonchev–Trinajstić information content (AvgIpc) is 2.92. The lowest BCUT2D eigenvalue weighted by atomic mass is 10.2. The first-order valence-electron chi connectivity index (χ1n) is 6.17. The largest absolute Gasteiger partial charge is 0.348 e. The van der Waals surface area contributed by atoms with Gasteiger partial charge in [-0.25, -0.2) is 9.37 Å². The normalized spacial score (nSPS) is 21.2. The molecule has 1 aromatic heterocycles. The summed E-state index contributed by atoms with van der Waals surface area (Å²) in [6, 6.07) is 6.73. The molecule has 98 valence electrons. The van der Waals surface area contributed by atoms with E-state index in [0.717, 1.165) is 6.42 Å². The van der Waals surface area contributed by atoms with Gasteiger partial charge in [0.25, 0.3) is 5.91 Å². The van der Waals surface area contributed by atoms with Crippen LogP contribution >= 0.6 is 11.3 Å². The molecular weight excluding hydrogens is 263 g/mol. The molecule has 5 heteroatoms. The minimum Gasteiger partial charge on any atom is -0.348 e. The zero-order chi connectivity index (χ0) is 13.4. The summed E-state index contributed by atoms with van der Waals surface area (Å²) >= 11 is 1.22. The number of amides is 1. The molecule has 0 saturated heterocycles. The third-order valence-electron chi connectivity index (χ3n) is 3.26. The highest BCUT2D eigenvalue weighted by molar-refractivity contribution is 7.16. The molecule has 1 aliphatic rings. The number of hydrogen-bond donors (Lipinski definition) is 1. The second kappa shape index (κ2) is 4.74. The van der Waals surface area contributed by atoms with E-state index in [0.29, 0.717) is 21.4 Å². The van der Waals surface area contributed by atoms with Crippen molar-refractivity contribution < 1.29 is 9.18 Å². The fourth-order valence-electron chi connectivity index (χ4n) is 1.90. The summed E-state index contributed by atoms with van der Waals surface area (Å²) in [6.07, 6.45) is 2.54. The zero-order valence-electron chi connectivity index (χ0n) is 10.4. The Kier molecular flexibility index (Phi) is 3.06. The summed E-state index contributed by atoms with van der Waals surface area (Å²) in [5, 5.41) is 3.47. The third kappa shape index (κ3) is 2.51. The zero-order valence-corrected chi connectivity index (χ0v) is 11.2. The fraction of sp³-hybridized carbons (Fsp3) is 0.286. The molecule has 19 heavy (non-hydrogen) atoms. The molecule has 1 saturated carbocycles. The highest BCUT2D eigenvalue weighted by Gasteiger charge is 2.34. The van der Waals surface area contributed by atoms with Crippen molar-refractivity contribution in [1.82, 2.24) is 10.3 Å². The third-order valence-corrected chi connectivity index (χ3v) is 4.29. The van der Waals surface area contributed by atoms with Gasteiger partial charge in [-0.15, -0.1) is 11.3 Å². The minimum absolute atomic E-state index is 0.116. The molecule has 3 nitrogen and oxygen atoms in total. The Bertz CT molecular complexity index is 625. The summed E-state index contributed by atoms with van der Waals surface area (Å²) in [6.45, 7) is 2.10. The van der Waals surface area contributed by atoms with Crippen LogP contribution in [0.1, 0.15) is 23.0 Å². The lowest BCUT2D eigenvalue weighted by Crippen LogP contribution is -2.25. The van der Waals surface area contributed by atoms with Gasteiger partial charge in [-0.2, -0.15) is 0 Å². The predicted octanol–water partition coefficient (Wildman–Crippen LogP) is 3.09. The number of aromatic nitrogens is 1. The van der Waals surface area contributed by atoms with Gasteiger partial charge in [0.2, 0.25) is 0 Å². The first-order valence-corrected chi connectivity index (χ1v) is 6.98. The molecule has 0 spiro atoms. The molecule has 2 aromatic rings. The Labute approximate surface area is 114 Å². The number of thiazole rings is 1. The number of benzene rings is 1. The molecule has 3 rings (SSSR count). The van der Waals surface area contributed by atoms with Gasteiger partial charge in [-0.3, -0.25) is 4.79 Å². The molecule has 2 atom stereocenters. The van der Waals surface area contributed by atoms with Crippen LogP contribution in [0.4, 0.5) is 4.39 Å². The molecule has 1 N–H and O–H groups in total. The molecule has 0 bridgehead atoms. The van der Waals surface area contributed by atoms with Crippen molar-refractivity contribution >= 4 is 17.2 Å². The maximum Gasteiger partial charge on any atom is 0.263 e. The average molecular weight is 276 g/mol. The van der Waals surface area contributed by atoms with E-state index in [2.05, 4.69) is 17.2 Å².